The Hall–Kier alpha value is -1.62. The van der Waals surface area contributed by atoms with Crippen LogP contribution >= 0.6 is 15.9 Å². The zero-order chi connectivity index (χ0) is 15.7. The van der Waals surface area contributed by atoms with Gasteiger partial charge in [-0.15, -0.1) is 0 Å². The van der Waals surface area contributed by atoms with E-state index >= 15 is 0 Å². The summed E-state index contributed by atoms with van der Waals surface area (Å²) >= 11 is 3.38. The van der Waals surface area contributed by atoms with Gasteiger partial charge in [0.25, 0.3) is 5.91 Å². The van der Waals surface area contributed by atoms with Crippen LogP contribution < -0.4 is 10.9 Å². The number of fused-ring (bicyclic) bond motifs is 1. The molecule has 0 aliphatic heterocycles. The molecule has 1 heterocycles. The van der Waals surface area contributed by atoms with E-state index in [4.69, 9.17) is 4.42 Å². The van der Waals surface area contributed by atoms with Crippen molar-refractivity contribution in [2.45, 2.75) is 38.6 Å². The summed E-state index contributed by atoms with van der Waals surface area (Å²) in [6, 6.07) is 7.09. The van der Waals surface area contributed by atoms with E-state index in [9.17, 15) is 9.59 Å². The monoisotopic (exact) mass is 363 g/mol. The fraction of sp³-hybridized carbons (Fsp3) is 0.412. The van der Waals surface area contributed by atoms with Gasteiger partial charge in [0.2, 0.25) is 0 Å². The van der Waals surface area contributed by atoms with Crippen molar-refractivity contribution in [1.29, 1.82) is 0 Å². The summed E-state index contributed by atoms with van der Waals surface area (Å²) in [7, 11) is 0. The van der Waals surface area contributed by atoms with Crippen LogP contribution in [-0.4, -0.2) is 11.9 Å². The van der Waals surface area contributed by atoms with E-state index in [-0.39, 0.29) is 17.5 Å². The second kappa shape index (κ2) is 6.24. The van der Waals surface area contributed by atoms with Gasteiger partial charge in [-0.2, -0.15) is 0 Å². The first-order chi connectivity index (χ1) is 10.5. The lowest BCUT2D eigenvalue weighted by Gasteiger charge is -2.29. The van der Waals surface area contributed by atoms with Gasteiger partial charge in [0.15, 0.2) is 0 Å². The zero-order valence-electron chi connectivity index (χ0n) is 12.4. The Morgan fingerprint density at radius 2 is 2.05 bits per heavy atom. The number of rotatable bonds is 2. The number of benzene rings is 1. The molecule has 4 nitrogen and oxygen atoms in total. The maximum Gasteiger partial charge on any atom is 0.349 e. The quantitative estimate of drug-likeness (QED) is 0.824. The Kier molecular flexibility index (Phi) is 4.34. The van der Waals surface area contributed by atoms with Gasteiger partial charge in [0.05, 0.1) is 0 Å². The molecule has 2 unspecified atom stereocenters. The molecule has 5 heteroatoms. The predicted molar refractivity (Wildman–Crippen MR) is 89.1 cm³/mol. The topological polar surface area (TPSA) is 59.3 Å². The van der Waals surface area contributed by atoms with E-state index in [0.29, 0.717) is 11.5 Å². The molecule has 1 aromatic heterocycles. The van der Waals surface area contributed by atoms with E-state index in [1.54, 1.807) is 18.2 Å². The van der Waals surface area contributed by atoms with Crippen LogP contribution in [0.4, 0.5) is 0 Å². The fourth-order valence-corrected chi connectivity index (χ4v) is 3.41. The second-order valence-electron chi connectivity index (χ2n) is 5.97. The van der Waals surface area contributed by atoms with Crippen molar-refractivity contribution in [2.75, 3.05) is 0 Å². The van der Waals surface area contributed by atoms with Gasteiger partial charge in [-0.25, -0.2) is 4.79 Å². The molecule has 1 amide bonds. The van der Waals surface area contributed by atoms with Crippen LogP contribution in [-0.2, 0) is 0 Å². The van der Waals surface area contributed by atoms with Crippen LogP contribution in [0, 0.1) is 5.92 Å². The van der Waals surface area contributed by atoms with Gasteiger partial charge >= 0.3 is 5.63 Å². The molecule has 1 aliphatic rings. The lowest BCUT2D eigenvalue weighted by Crippen LogP contribution is -2.42. The Labute approximate surface area is 137 Å². The first-order valence-corrected chi connectivity index (χ1v) is 8.38. The van der Waals surface area contributed by atoms with Crippen LogP contribution in [0.2, 0.25) is 0 Å². The third-order valence-electron chi connectivity index (χ3n) is 4.37. The van der Waals surface area contributed by atoms with Crippen molar-refractivity contribution in [1.82, 2.24) is 5.32 Å². The molecule has 0 saturated heterocycles. The SMILES string of the molecule is CC1CCCCC1NC(=O)c1cc2cc(Br)ccc2oc1=O. The van der Waals surface area contributed by atoms with E-state index in [0.717, 1.165) is 29.1 Å². The molecule has 1 aromatic carbocycles. The van der Waals surface area contributed by atoms with Crippen molar-refractivity contribution in [3.8, 4) is 0 Å². The highest BCUT2D eigenvalue weighted by atomic mass is 79.9. The number of carbonyl (C=O) groups is 1. The molecular weight excluding hydrogens is 346 g/mol. The molecule has 2 atom stereocenters. The molecule has 1 aliphatic carbocycles. The summed E-state index contributed by atoms with van der Waals surface area (Å²) in [5.74, 6) is 0.105. The minimum atomic E-state index is -0.587. The average Bonchev–Trinajstić information content (AvgIpc) is 2.49. The zero-order valence-corrected chi connectivity index (χ0v) is 14.0. The summed E-state index contributed by atoms with van der Waals surface area (Å²) in [5, 5.41) is 3.73. The van der Waals surface area contributed by atoms with Gasteiger partial charge in [0.1, 0.15) is 11.1 Å². The molecule has 1 saturated carbocycles. The highest BCUT2D eigenvalue weighted by molar-refractivity contribution is 9.10. The smallest absolute Gasteiger partial charge is 0.349 e. The number of hydrogen-bond donors (Lipinski definition) is 1. The van der Waals surface area contributed by atoms with Crippen LogP contribution in [0.25, 0.3) is 11.0 Å². The Balaban J connectivity index is 1.90. The minimum absolute atomic E-state index is 0.0726. The third kappa shape index (κ3) is 3.09. The molecule has 22 heavy (non-hydrogen) atoms. The predicted octanol–water partition coefficient (Wildman–Crippen LogP) is 3.86. The second-order valence-corrected chi connectivity index (χ2v) is 6.89. The summed E-state index contributed by atoms with van der Waals surface area (Å²) < 4.78 is 6.12. The Morgan fingerprint density at radius 3 is 2.82 bits per heavy atom. The molecule has 0 spiro atoms. The van der Waals surface area contributed by atoms with Crippen molar-refractivity contribution in [3.05, 3.63) is 44.7 Å². The lowest BCUT2D eigenvalue weighted by molar-refractivity contribution is 0.0906. The normalized spacial score (nSPS) is 21.7. The van der Waals surface area contributed by atoms with Crippen LogP contribution in [0.1, 0.15) is 43.0 Å². The first kappa shape index (κ1) is 15.3. The molecule has 116 valence electrons. The van der Waals surface area contributed by atoms with E-state index in [1.165, 1.54) is 6.42 Å². The highest BCUT2D eigenvalue weighted by Gasteiger charge is 2.24. The maximum atomic E-state index is 12.4. The molecule has 2 aromatic rings. The third-order valence-corrected chi connectivity index (χ3v) is 4.86. The average molecular weight is 364 g/mol. The van der Waals surface area contributed by atoms with Gasteiger partial charge in [-0.05, 0) is 43.0 Å². The van der Waals surface area contributed by atoms with Crippen molar-refractivity contribution >= 4 is 32.8 Å². The summed E-state index contributed by atoms with van der Waals surface area (Å²) in [5.41, 5.74) is -0.0325. The summed E-state index contributed by atoms with van der Waals surface area (Å²) in [6.07, 6.45) is 4.41. The number of halogens is 1. The van der Waals surface area contributed by atoms with Crippen molar-refractivity contribution in [3.63, 3.8) is 0 Å². The van der Waals surface area contributed by atoms with Crippen molar-refractivity contribution in [2.24, 2.45) is 5.92 Å². The van der Waals surface area contributed by atoms with Gasteiger partial charge < -0.3 is 9.73 Å². The minimum Gasteiger partial charge on any atom is -0.422 e. The summed E-state index contributed by atoms with van der Waals surface area (Å²) in [4.78, 5) is 24.5. The largest absolute Gasteiger partial charge is 0.422 e. The molecule has 1 fully saturated rings. The number of carbonyl (C=O) groups excluding carboxylic acids is 1. The van der Waals surface area contributed by atoms with Crippen LogP contribution in [0.15, 0.2) is 37.9 Å². The van der Waals surface area contributed by atoms with E-state index in [2.05, 4.69) is 28.2 Å². The Bertz CT molecular complexity index is 768. The highest BCUT2D eigenvalue weighted by Crippen LogP contribution is 2.24. The molecule has 1 N–H and O–H groups in total. The van der Waals surface area contributed by atoms with E-state index < -0.39 is 5.63 Å². The first-order valence-electron chi connectivity index (χ1n) is 7.59. The van der Waals surface area contributed by atoms with Gasteiger partial charge in [-0.1, -0.05) is 35.7 Å². The summed E-state index contributed by atoms with van der Waals surface area (Å²) in [6.45, 7) is 2.14. The van der Waals surface area contributed by atoms with E-state index in [1.807, 2.05) is 6.07 Å². The molecule has 0 bridgehead atoms. The molecule has 3 rings (SSSR count). The fourth-order valence-electron chi connectivity index (χ4n) is 3.03. The van der Waals surface area contributed by atoms with Gasteiger partial charge in [-0.3, -0.25) is 4.79 Å². The van der Waals surface area contributed by atoms with Crippen molar-refractivity contribution < 1.29 is 9.21 Å². The Morgan fingerprint density at radius 1 is 1.27 bits per heavy atom. The molecule has 0 radical (unpaired) electrons. The number of hydrogen-bond acceptors (Lipinski definition) is 3. The molecular formula is C17H18BrNO3. The van der Waals surface area contributed by atoms with Gasteiger partial charge in [0, 0.05) is 15.9 Å². The number of amides is 1. The lowest BCUT2D eigenvalue weighted by atomic mass is 9.86. The van der Waals surface area contributed by atoms with Crippen LogP contribution in [0.5, 0.6) is 0 Å². The standard InChI is InChI=1S/C17H18BrNO3/c1-10-4-2-3-5-14(10)19-16(20)13-9-11-8-12(18)6-7-15(11)22-17(13)21/h6-10,14H,2-5H2,1H3,(H,19,20). The van der Waals surface area contributed by atoms with Crippen LogP contribution in [0.3, 0.4) is 0 Å². The maximum absolute atomic E-state index is 12.4. The number of nitrogens with one attached hydrogen (secondary N) is 1.